The maximum atomic E-state index is 14.1. The van der Waals surface area contributed by atoms with Crippen molar-refractivity contribution in [2.45, 2.75) is 25.9 Å². The molecule has 2 bridgehead atoms. The van der Waals surface area contributed by atoms with Crippen molar-refractivity contribution in [1.82, 2.24) is 10.0 Å². The molecule has 3 aliphatic rings. The number of fused-ring (bicyclic) bond motifs is 5. The Bertz CT molecular complexity index is 2060. The number of hydrazine groups is 1. The highest BCUT2D eigenvalue weighted by Crippen LogP contribution is 2.77. The van der Waals surface area contributed by atoms with Gasteiger partial charge in [0.05, 0.1) is 31.9 Å². The van der Waals surface area contributed by atoms with Gasteiger partial charge in [-0.2, -0.15) is 13.4 Å². The summed E-state index contributed by atoms with van der Waals surface area (Å²) in [6.07, 6.45) is 0. The first-order valence-electron chi connectivity index (χ1n) is 13.9. The van der Waals surface area contributed by atoms with Crippen LogP contribution in [0.5, 0.6) is 5.75 Å². The van der Waals surface area contributed by atoms with E-state index in [0.717, 1.165) is 5.56 Å². The van der Waals surface area contributed by atoms with E-state index in [1.807, 2.05) is 0 Å². The fourth-order valence-electron chi connectivity index (χ4n) is 6.03. The molecule has 0 aromatic heterocycles. The molecule has 256 valence electrons. The molecule has 49 heavy (non-hydrogen) atoms. The average molecular weight is 846 g/mol. The van der Waals surface area contributed by atoms with E-state index in [1.54, 1.807) is 19.1 Å². The maximum Gasteiger partial charge on any atom is 0.339 e. The zero-order valence-corrected chi connectivity index (χ0v) is 31.3. The lowest BCUT2D eigenvalue weighted by Crippen LogP contribution is -2.56. The number of nitrogens with zero attached hydrogens (tertiary/aromatic N) is 2. The average Bonchev–Trinajstić information content (AvgIpc) is 3.43. The van der Waals surface area contributed by atoms with Crippen LogP contribution in [0.3, 0.4) is 0 Å². The second-order valence-corrected chi connectivity index (χ2v) is 17.0. The van der Waals surface area contributed by atoms with Crippen LogP contribution in [0.1, 0.15) is 26.3 Å². The van der Waals surface area contributed by atoms with Crippen LogP contribution in [0.2, 0.25) is 10.0 Å². The van der Waals surface area contributed by atoms with Gasteiger partial charge in [-0.25, -0.2) is 5.01 Å². The van der Waals surface area contributed by atoms with Gasteiger partial charge in [0, 0.05) is 11.1 Å². The summed E-state index contributed by atoms with van der Waals surface area (Å²) in [7, 11) is -4.19. The monoisotopic (exact) mass is 842 g/mol. The lowest BCUT2D eigenvalue weighted by Gasteiger charge is -2.36. The standard InChI is InChI=1S/C31H18Cl8N2O7S/c1-14-2-9-18(10-3-14)49(46,47)48-17-7-4-15(5-8-17)21(42)13-40(26(43)16-6-11-19(32)20(33)12-16)41-27(44)22-23(28(41)45)30(37)25(35)24(34)29(22,36)31(30,38)39/h2-12,22-23H,13H2,1H3/t22-,23-,29-,30-/m1/s1. The van der Waals surface area contributed by atoms with Crippen LogP contribution in [0.4, 0.5) is 0 Å². The van der Waals surface area contributed by atoms with Crippen molar-refractivity contribution < 1.29 is 31.8 Å². The Hall–Kier alpha value is -2.25. The SMILES string of the molecule is Cc1ccc(S(=O)(=O)Oc2ccc(C(=O)CN(C(=O)c3ccc(Cl)c(Cl)c3)N3C(=O)[C@H]4[C@H](C3=O)[C@@]3(Cl)C(Cl)=C(Cl)[C@@]4(Cl)C3(Cl)Cl)cc2)cc1. The largest absolute Gasteiger partial charge is 0.379 e. The van der Waals surface area contributed by atoms with E-state index in [4.69, 9.17) is 97.0 Å². The second-order valence-electron chi connectivity index (χ2n) is 11.4. The zero-order chi connectivity index (χ0) is 36.0. The summed E-state index contributed by atoms with van der Waals surface area (Å²) in [5, 5.41) is 0.440. The Morgan fingerprint density at radius 2 is 1.29 bits per heavy atom. The summed E-state index contributed by atoms with van der Waals surface area (Å²) in [5.41, 5.74) is 0.663. The number of allylic oxidation sites excluding steroid dienone is 2. The molecular weight excluding hydrogens is 828 g/mol. The number of ketones is 1. The fraction of sp³-hybridized carbons (Fsp3) is 0.226. The van der Waals surface area contributed by atoms with Gasteiger partial charge in [-0.1, -0.05) is 87.3 Å². The molecule has 2 fully saturated rings. The molecule has 0 N–H and O–H groups in total. The second kappa shape index (κ2) is 12.5. The van der Waals surface area contributed by atoms with E-state index in [2.05, 4.69) is 0 Å². The van der Waals surface area contributed by atoms with Gasteiger partial charge in [0.1, 0.15) is 26.9 Å². The Morgan fingerprint density at radius 3 is 1.80 bits per heavy atom. The van der Waals surface area contributed by atoms with E-state index < -0.39 is 66.1 Å². The third-order valence-electron chi connectivity index (χ3n) is 8.51. The quantitative estimate of drug-likeness (QED) is 0.0985. The molecule has 1 saturated carbocycles. The fourth-order valence-corrected chi connectivity index (χ4v) is 10.2. The molecule has 0 spiro atoms. The molecule has 1 heterocycles. The molecule has 6 rings (SSSR count). The number of hydrogen-bond donors (Lipinski definition) is 0. The number of aryl methyl sites for hydroxylation is 1. The molecule has 9 nitrogen and oxygen atoms in total. The predicted octanol–water partition coefficient (Wildman–Crippen LogP) is 7.76. The minimum atomic E-state index is -4.19. The minimum absolute atomic E-state index is 0.0276. The van der Waals surface area contributed by atoms with E-state index in [0.29, 0.717) is 10.0 Å². The number of Topliss-reactive ketones (excluding diaryl/α,β-unsaturated/α-hetero) is 1. The number of carbonyl (C=O) groups excluding carboxylic acids is 4. The van der Waals surface area contributed by atoms with Crippen LogP contribution < -0.4 is 4.18 Å². The Balaban J connectivity index is 1.33. The number of hydrogen-bond acceptors (Lipinski definition) is 7. The van der Waals surface area contributed by atoms with E-state index in [9.17, 15) is 27.6 Å². The third kappa shape index (κ3) is 5.37. The molecule has 0 unspecified atom stereocenters. The maximum absolute atomic E-state index is 14.1. The van der Waals surface area contributed by atoms with Crippen molar-refractivity contribution in [3.05, 3.63) is 104 Å². The topological polar surface area (TPSA) is 118 Å². The van der Waals surface area contributed by atoms with Gasteiger partial charge in [0.25, 0.3) is 17.7 Å². The van der Waals surface area contributed by atoms with Gasteiger partial charge in [0.2, 0.25) is 0 Å². The zero-order valence-electron chi connectivity index (χ0n) is 24.4. The van der Waals surface area contributed by atoms with E-state index in [-0.39, 0.29) is 41.9 Å². The van der Waals surface area contributed by atoms with Gasteiger partial charge in [-0.3, -0.25) is 19.2 Å². The first-order valence-corrected chi connectivity index (χ1v) is 18.3. The number of carbonyl (C=O) groups is 4. The molecule has 0 radical (unpaired) electrons. The number of benzene rings is 3. The third-order valence-corrected chi connectivity index (χ3v) is 14.8. The Labute approximate surface area is 319 Å². The molecule has 3 aromatic rings. The minimum Gasteiger partial charge on any atom is -0.379 e. The number of amides is 3. The normalized spacial score (nSPS) is 25.5. The molecule has 1 aliphatic heterocycles. The molecule has 3 aromatic carbocycles. The van der Waals surface area contributed by atoms with Crippen LogP contribution in [0, 0.1) is 18.8 Å². The van der Waals surface area contributed by atoms with E-state index in [1.165, 1.54) is 54.6 Å². The summed E-state index contributed by atoms with van der Waals surface area (Å²) < 4.78 is 28.4. The molecule has 2 aliphatic carbocycles. The smallest absolute Gasteiger partial charge is 0.339 e. The molecule has 4 atom stereocenters. The van der Waals surface area contributed by atoms with Gasteiger partial charge in [0.15, 0.2) is 10.1 Å². The van der Waals surface area contributed by atoms with Crippen molar-refractivity contribution in [3.63, 3.8) is 0 Å². The summed E-state index contributed by atoms with van der Waals surface area (Å²) in [6, 6.07) is 14.7. The van der Waals surface area contributed by atoms with Crippen molar-refractivity contribution >= 4 is 126 Å². The van der Waals surface area contributed by atoms with Crippen LogP contribution >= 0.6 is 92.8 Å². The molecule has 3 amide bonds. The van der Waals surface area contributed by atoms with Gasteiger partial charge < -0.3 is 4.18 Å². The summed E-state index contributed by atoms with van der Waals surface area (Å²) >= 11 is 51.7. The lowest BCUT2D eigenvalue weighted by atomic mass is 9.84. The Kier molecular flexibility index (Phi) is 9.29. The highest BCUT2D eigenvalue weighted by molar-refractivity contribution is 7.87. The summed E-state index contributed by atoms with van der Waals surface area (Å²) in [4.78, 5) is 51.4. The number of halogens is 8. The molecule has 18 heteroatoms. The Morgan fingerprint density at radius 1 is 0.776 bits per heavy atom. The van der Waals surface area contributed by atoms with Crippen molar-refractivity contribution in [2.24, 2.45) is 11.8 Å². The highest BCUT2D eigenvalue weighted by atomic mass is 35.5. The highest BCUT2D eigenvalue weighted by Gasteiger charge is 2.88. The first kappa shape index (κ1) is 36.5. The van der Waals surface area contributed by atoms with Crippen molar-refractivity contribution in [2.75, 3.05) is 6.54 Å². The molecular formula is C31H18Cl8N2O7S. The number of alkyl halides is 4. The van der Waals surface area contributed by atoms with Gasteiger partial charge in [-0.15, -0.1) is 23.2 Å². The van der Waals surface area contributed by atoms with Crippen LogP contribution in [-0.4, -0.2) is 62.6 Å². The van der Waals surface area contributed by atoms with E-state index >= 15 is 0 Å². The number of imide groups is 1. The number of rotatable bonds is 8. The van der Waals surface area contributed by atoms with Crippen LogP contribution in [0.25, 0.3) is 0 Å². The van der Waals surface area contributed by atoms with Crippen molar-refractivity contribution in [1.29, 1.82) is 0 Å². The lowest BCUT2D eigenvalue weighted by molar-refractivity contribution is -0.154. The first-order chi connectivity index (χ1) is 22.8. The van der Waals surface area contributed by atoms with Crippen LogP contribution in [-0.2, 0) is 19.7 Å². The van der Waals surface area contributed by atoms with Gasteiger partial charge >= 0.3 is 10.1 Å². The summed E-state index contributed by atoms with van der Waals surface area (Å²) in [5.74, 6) is -7.23. The van der Waals surface area contributed by atoms with Crippen LogP contribution in [0.15, 0.2) is 81.7 Å². The predicted molar refractivity (Wildman–Crippen MR) is 186 cm³/mol. The van der Waals surface area contributed by atoms with Crippen molar-refractivity contribution in [3.8, 4) is 5.75 Å². The summed E-state index contributed by atoms with van der Waals surface area (Å²) in [6.45, 7) is 0.913. The van der Waals surface area contributed by atoms with Gasteiger partial charge in [-0.05, 0) is 61.5 Å². The molecule has 1 saturated heterocycles.